The van der Waals surface area contributed by atoms with Crippen molar-refractivity contribution in [1.29, 1.82) is 0 Å². The quantitative estimate of drug-likeness (QED) is 0.199. The lowest BCUT2D eigenvalue weighted by atomic mass is 9.82. The van der Waals surface area contributed by atoms with Crippen molar-refractivity contribution in [2.24, 2.45) is 0 Å². The molecular formula is C42H29N3O2. The number of pyridine rings is 1. The van der Waals surface area contributed by atoms with Gasteiger partial charge in [-0.15, -0.1) is 0 Å². The number of aromatic nitrogens is 3. The fourth-order valence-corrected chi connectivity index (χ4v) is 6.90. The largest absolute Gasteiger partial charge is 0.449 e. The van der Waals surface area contributed by atoms with E-state index >= 15 is 0 Å². The Balaban J connectivity index is 1.13. The van der Waals surface area contributed by atoms with Gasteiger partial charge in [-0.05, 0) is 64.2 Å². The minimum atomic E-state index is -0.115. The third-order valence-corrected chi connectivity index (χ3v) is 9.24. The van der Waals surface area contributed by atoms with Crippen LogP contribution in [0.4, 0.5) is 0 Å². The number of hydrogen-bond acceptors (Lipinski definition) is 5. The molecule has 224 valence electrons. The predicted octanol–water partition coefficient (Wildman–Crippen LogP) is 10.7. The highest BCUT2D eigenvalue weighted by molar-refractivity contribution is 5.89. The van der Waals surface area contributed by atoms with Gasteiger partial charge in [0.1, 0.15) is 5.69 Å². The van der Waals surface area contributed by atoms with E-state index in [1.54, 1.807) is 6.20 Å². The molecule has 47 heavy (non-hydrogen) atoms. The van der Waals surface area contributed by atoms with Crippen LogP contribution in [0, 0.1) is 0 Å². The molecule has 2 aromatic heterocycles. The van der Waals surface area contributed by atoms with Crippen LogP contribution in [-0.4, -0.2) is 15.0 Å². The lowest BCUT2D eigenvalue weighted by Crippen LogP contribution is -2.15. The summed E-state index contributed by atoms with van der Waals surface area (Å²) >= 11 is 0. The van der Waals surface area contributed by atoms with Gasteiger partial charge in [0.2, 0.25) is 0 Å². The number of ether oxygens (including phenoxy) is 2. The highest BCUT2D eigenvalue weighted by atomic mass is 16.6. The molecule has 0 spiro atoms. The van der Waals surface area contributed by atoms with E-state index in [2.05, 4.69) is 91.6 Å². The highest BCUT2D eigenvalue weighted by Gasteiger charge is 2.39. The normalized spacial score (nSPS) is 13.4. The van der Waals surface area contributed by atoms with Crippen LogP contribution in [0.1, 0.15) is 25.0 Å². The fraction of sp³-hybridized carbons (Fsp3) is 0.0714. The van der Waals surface area contributed by atoms with E-state index in [0.29, 0.717) is 17.3 Å². The molecule has 5 aromatic carbocycles. The van der Waals surface area contributed by atoms with Crippen molar-refractivity contribution in [1.82, 2.24) is 15.0 Å². The SMILES string of the molecule is CC1(C)c2ccccc2-c2c1ccc1c2Oc2ccc(-c3ccccc3-c3cc(-c4ccccc4)nc(-c4ccccn4)n3)cc2O1. The van der Waals surface area contributed by atoms with Gasteiger partial charge in [0.05, 0.1) is 11.4 Å². The summed E-state index contributed by atoms with van der Waals surface area (Å²) in [4.78, 5) is 14.5. The van der Waals surface area contributed by atoms with Gasteiger partial charge >= 0.3 is 0 Å². The van der Waals surface area contributed by atoms with E-state index in [4.69, 9.17) is 19.4 Å². The van der Waals surface area contributed by atoms with Crippen LogP contribution in [0.3, 0.4) is 0 Å². The maximum Gasteiger partial charge on any atom is 0.179 e. The molecule has 1 aliphatic heterocycles. The van der Waals surface area contributed by atoms with Gasteiger partial charge in [-0.1, -0.05) is 111 Å². The van der Waals surface area contributed by atoms with Crippen molar-refractivity contribution < 1.29 is 9.47 Å². The van der Waals surface area contributed by atoms with E-state index in [9.17, 15) is 0 Å². The third kappa shape index (κ3) is 4.43. The summed E-state index contributed by atoms with van der Waals surface area (Å²) in [5.41, 5.74) is 11.1. The molecule has 2 aliphatic rings. The lowest BCUT2D eigenvalue weighted by molar-refractivity contribution is 0.360. The molecule has 5 heteroatoms. The number of hydrogen-bond donors (Lipinski definition) is 0. The van der Waals surface area contributed by atoms with Gasteiger partial charge in [0, 0.05) is 28.3 Å². The highest BCUT2D eigenvalue weighted by Crippen LogP contribution is 2.58. The van der Waals surface area contributed by atoms with Crippen molar-refractivity contribution in [2.45, 2.75) is 19.3 Å². The molecular weight excluding hydrogens is 578 g/mol. The second kappa shape index (κ2) is 10.5. The Kier molecular flexibility index (Phi) is 6.09. The van der Waals surface area contributed by atoms with Gasteiger partial charge in [0.15, 0.2) is 28.8 Å². The summed E-state index contributed by atoms with van der Waals surface area (Å²) in [7, 11) is 0. The third-order valence-electron chi connectivity index (χ3n) is 9.24. The molecule has 3 heterocycles. The summed E-state index contributed by atoms with van der Waals surface area (Å²) < 4.78 is 13.2. The van der Waals surface area contributed by atoms with Crippen LogP contribution in [0.5, 0.6) is 23.0 Å². The molecule has 0 fully saturated rings. The molecule has 0 unspecified atom stereocenters. The van der Waals surface area contributed by atoms with Crippen LogP contribution in [0.25, 0.3) is 56.3 Å². The Morgan fingerprint density at radius 2 is 1.21 bits per heavy atom. The molecule has 0 saturated carbocycles. The topological polar surface area (TPSA) is 57.1 Å². The summed E-state index contributed by atoms with van der Waals surface area (Å²) in [5.74, 6) is 3.44. The van der Waals surface area contributed by atoms with Crippen molar-refractivity contribution in [2.75, 3.05) is 0 Å². The standard InChI is InChI=1S/C42H29N3O2/c1-42(2)31-17-9-8-16-30(31)39-32(42)20-22-37-40(39)47-36-21-19-27(24-38(36)46-37)28-14-6-7-15-29(28)35-25-34(26-12-4-3-5-13-26)44-41(45-35)33-18-10-11-23-43-33/h3-25H,1-2H3. The monoisotopic (exact) mass is 607 g/mol. The van der Waals surface area contributed by atoms with Crippen LogP contribution >= 0.6 is 0 Å². The average molecular weight is 608 g/mol. The maximum absolute atomic E-state index is 6.65. The molecule has 9 rings (SSSR count). The zero-order chi connectivity index (χ0) is 31.5. The van der Waals surface area contributed by atoms with Crippen molar-refractivity contribution in [3.05, 3.63) is 151 Å². The molecule has 0 radical (unpaired) electrons. The summed E-state index contributed by atoms with van der Waals surface area (Å²) in [6, 6.07) is 45.3. The van der Waals surface area contributed by atoms with Crippen LogP contribution in [-0.2, 0) is 5.41 Å². The first kappa shape index (κ1) is 27.3. The molecule has 5 nitrogen and oxygen atoms in total. The first-order valence-corrected chi connectivity index (χ1v) is 15.8. The second-order valence-corrected chi connectivity index (χ2v) is 12.4. The van der Waals surface area contributed by atoms with Gasteiger partial charge in [-0.2, -0.15) is 0 Å². The molecule has 1 aliphatic carbocycles. The molecule has 0 atom stereocenters. The van der Waals surface area contributed by atoms with E-state index in [-0.39, 0.29) is 5.41 Å². The molecule has 0 N–H and O–H groups in total. The summed E-state index contributed by atoms with van der Waals surface area (Å²) in [5, 5.41) is 0. The van der Waals surface area contributed by atoms with Gasteiger partial charge in [-0.25, -0.2) is 9.97 Å². The van der Waals surface area contributed by atoms with E-state index in [0.717, 1.165) is 56.4 Å². The Morgan fingerprint density at radius 1 is 0.489 bits per heavy atom. The molecule has 0 saturated heterocycles. The van der Waals surface area contributed by atoms with E-state index < -0.39 is 0 Å². The van der Waals surface area contributed by atoms with Crippen LogP contribution in [0.15, 0.2) is 140 Å². The number of fused-ring (bicyclic) bond motifs is 6. The zero-order valence-corrected chi connectivity index (χ0v) is 25.9. The smallest absolute Gasteiger partial charge is 0.179 e. The van der Waals surface area contributed by atoms with Crippen molar-refractivity contribution >= 4 is 0 Å². The first-order chi connectivity index (χ1) is 23.0. The minimum Gasteiger partial charge on any atom is -0.449 e. The number of benzene rings is 5. The maximum atomic E-state index is 6.65. The van der Waals surface area contributed by atoms with Gasteiger partial charge in [-0.3, -0.25) is 4.98 Å². The number of rotatable bonds is 4. The minimum absolute atomic E-state index is 0.115. The number of nitrogens with zero attached hydrogens (tertiary/aromatic N) is 3. The van der Waals surface area contributed by atoms with E-state index in [1.165, 1.54) is 16.7 Å². The Hall–Kier alpha value is -6.07. The van der Waals surface area contributed by atoms with Crippen LogP contribution in [0.2, 0.25) is 0 Å². The summed E-state index contributed by atoms with van der Waals surface area (Å²) in [6.07, 6.45) is 1.77. The molecule has 7 aromatic rings. The second-order valence-electron chi connectivity index (χ2n) is 12.4. The molecule has 0 bridgehead atoms. The Labute approximate surface area is 273 Å². The van der Waals surface area contributed by atoms with Crippen molar-refractivity contribution in [3.8, 4) is 79.3 Å². The van der Waals surface area contributed by atoms with Crippen molar-refractivity contribution in [3.63, 3.8) is 0 Å². The zero-order valence-electron chi connectivity index (χ0n) is 25.9. The van der Waals surface area contributed by atoms with Crippen LogP contribution < -0.4 is 9.47 Å². The fourth-order valence-electron chi connectivity index (χ4n) is 6.90. The van der Waals surface area contributed by atoms with E-state index in [1.807, 2.05) is 60.7 Å². The Morgan fingerprint density at radius 3 is 2.04 bits per heavy atom. The first-order valence-electron chi connectivity index (χ1n) is 15.8. The Bertz CT molecular complexity index is 2270. The average Bonchev–Trinajstić information content (AvgIpc) is 3.37. The van der Waals surface area contributed by atoms with Gasteiger partial charge in [0.25, 0.3) is 0 Å². The lowest BCUT2D eigenvalue weighted by Gasteiger charge is -2.25. The predicted molar refractivity (Wildman–Crippen MR) is 186 cm³/mol. The summed E-state index contributed by atoms with van der Waals surface area (Å²) in [6.45, 7) is 4.54. The van der Waals surface area contributed by atoms with Gasteiger partial charge < -0.3 is 9.47 Å². The molecule has 0 amide bonds.